The van der Waals surface area contributed by atoms with Crippen LogP contribution < -0.4 is 9.47 Å². The maximum atomic E-state index is 13.1. The minimum atomic E-state index is -0.436. The molecule has 2 aliphatic rings. The van der Waals surface area contributed by atoms with Gasteiger partial charge in [0.2, 0.25) is 5.78 Å². The highest BCUT2D eigenvalue weighted by Crippen LogP contribution is 2.49. The van der Waals surface area contributed by atoms with Gasteiger partial charge in [-0.1, -0.05) is 46.3 Å². The van der Waals surface area contributed by atoms with Crippen LogP contribution in [0.4, 0.5) is 0 Å². The van der Waals surface area contributed by atoms with E-state index in [9.17, 15) is 14.4 Å². The van der Waals surface area contributed by atoms with Crippen LogP contribution in [0.5, 0.6) is 11.5 Å². The first-order chi connectivity index (χ1) is 16.0. The Balaban J connectivity index is 1.55. The van der Waals surface area contributed by atoms with Gasteiger partial charge in [0, 0.05) is 16.0 Å². The van der Waals surface area contributed by atoms with Crippen molar-refractivity contribution in [2.24, 2.45) is 0 Å². The Morgan fingerprint density at radius 1 is 1.03 bits per heavy atom. The molecular weight excluding hydrogens is 488 g/mol. The van der Waals surface area contributed by atoms with Gasteiger partial charge in [-0.05, 0) is 47.5 Å². The molecule has 1 unspecified atom stereocenters. The summed E-state index contributed by atoms with van der Waals surface area (Å²) in [5, 5.41) is 0. The van der Waals surface area contributed by atoms with Gasteiger partial charge in [0.25, 0.3) is 0 Å². The highest BCUT2D eigenvalue weighted by Gasteiger charge is 2.39. The summed E-state index contributed by atoms with van der Waals surface area (Å²) >= 11 is 3.57. The van der Waals surface area contributed by atoms with Crippen molar-refractivity contribution < 1.29 is 28.6 Å². The van der Waals surface area contributed by atoms with Gasteiger partial charge < -0.3 is 14.2 Å². The lowest BCUT2D eigenvalue weighted by Crippen LogP contribution is -2.21. The SMILES string of the molecule is COC(=O)c1ccc(C=C2Oc3c(ccc4c3C(c3ccccc3Br)CC(=O)O4)C2=O)cc1. The minimum Gasteiger partial charge on any atom is -0.465 e. The second-order valence-corrected chi connectivity index (χ2v) is 8.51. The number of Topliss-reactive ketones (excluding diaryl/α,β-unsaturated/α-hetero) is 1. The second kappa shape index (κ2) is 8.33. The number of ketones is 1. The Kier molecular flexibility index (Phi) is 5.34. The number of hydrogen-bond donors (Lipinski definition) is 0. The van der Waals surface area contributed by atoms with E-state index in [1.807, 2.05) is 24.3 Å². The molecule has 3 aromatic carbocycles. The Hall–Kier alpha value is -3.71. The van der Waals surface area contributed by atoms with Gasteiger partial charge in [0.15, 0.2) is 5.76 Å². The van der Waals surface area contributed by atoms with Gasteiger partial charge in [0.05, 0.1) is 24.7 Å². The van der Waals surface area contributed by atoms with Crippen LogP contribution in [0.3, 0.4) is 0 Å². The van der Waals surface area contributed by atoms with Gasteiger partial charge in [-0.3, -0.25) is 9.59 Å². The maximum Gasteiger partial charge on any atom is 0.337 e. The molecule has 0 N–H and O–H groups in total. The lowest BCUT2D eigenvalue weighted by molar-refractivity contribution is -0.135. The molecule has 6 nitrogen and oxygen atoms in total. The molecule has 164 valence electrons. The van der Waals surface area contributed by atoms with Crippen LogP contribution >= 0.6 is 15.9 Å². The van der Waals surface area contributed by atoms with Gasteiger partial charge >= 0.3 is 11.9 Å². The Morgan fingerprint density at radius 2 is 1.79 bits per heavy atom. The summed E-state index contributed by atoms with van der Waals surface area (Å²) in [5.74, 6) is -0.397. The Bertz CT molecular complexity index is 1340. The summed E-state index contributed by atoms with van der Waals surface area (Å²) in [5.41, 5.74) is 3.11. The van der Waals surface area contributed by atoms with Crippen molar-refractivity contribution in [2.75, 3.05) is 7.11 Å². The number of carbonyl (C=O) groups is 3. The fraction of sp³-hybridized carbons (Fsp3) is 0.115. The van der Waals surface area contributed by atoms with Crippen LogP contribution in [-0.4, -0.2) is 24.8 Å². The first-order valence-electron chi connectivity index (χ1n) is 10.2. The number of ether oxygens (including phenoxy) is 3. The topological polar surface area (TPSA) is 78.9 Å². The zero-order valence-corrected chi connectivity index (χ0v) is 19.0. The zero-order valence-electron chi connectivity index (χ0n) is 17.5. The van der Waals surface area contributed by atoms with Crippen LogP contribution in [0, 0.1) is 0 Å². The fourth-order valence-corrected chi connectivity index (χ4v) is 4.68. The van der Waals surface area contributed by atoms with E-state index in [1.54, 1.807) is 42.5 Å². The molecule has 0 bridgehead atoms. The first-order valence-corrected chi connectivity index (χ1v) is 11.0. The number of halogens is 1. The van der Waals surface area contributed by atoms with Crippen molar-refractivity contribution in [2.45, 2.75) is 12.3 Å². The molecule has 7 heteroatoms. The van der Waals surface area contributed by atoms with Crippen molar-refractivity contribution in [3.05, 3.63) is 98.7 Å². The predicted molar refractivity (Wildman–Crippen MR) is 123 cm³/mol. The monoisotopic (exact) mass is 504 g/mol. The average Bonchev–Trinajstić information content (AvgIpc) is 3.14. The van der Waals surface area contributed by atoms with E-state index in [1.165, 1.54) is 7.11 Å². The van der Waals surface area contributed by atoms with Crippen molar-refractivity contribution in [3.8, 4) is 11.5 Å². The van der Waals surface area contributed by atoms with Gasteiger partial charge in [0.1, 0.15) is 11.5 Å². The maximum absolute atomic E-state index is 13.1. The average molecular weight is 505 g/mol. The quantitative estimate of drug-likeness (QED) is 0.274. The number of carbonyl (C=O) groups excluding carboxylic acids is 3. The standard InChI is InChI=1S/C26H17BrO6/c1-31-26(30)15-8-6-14(7-9-15)12-21-24(29)17-10-11-20-23(25(17)33-21)18(13-22(28)32-20)16-4-2-3-5-19(16)27/h2-12,18H,13H2,1H3. The number of esters is 2. The number of benzene rings is 3. The summed E-state index contributed by atoms with van der Waals surface area (Å²) < 4.78 is 17.1. The molecule has 0 aliphatic carbocycles. The second-order valence-electron chi connectivity index (χ2n) is 7.66. The minimum absolute atomic E-state index is 0.137. The molecule has 0 aromatic heterocycles. The zero-order chi connectivity index (χ0) is 23.1. The molecular formula is C26H17BrO6. The van der Waals surface area contributed by atoms with Crippen LogP contribution in [-0.2, 0) is 9.53 Å². The fourth-order valence-electron chi connectivity index (χ4n) is 4.11. The smallest absolute Gasteiger partial charge is 0.337 e. The van der Waals surface area contributed by atoms with Crippen LogP contribution in [0.2, 0.25) is 0 Å². The molecule has 0 saturated heterocycles. The summed E-state index contributed by atoms with van der Waals surface area (Å²) in [6.07, 6.45) is 1.76. The van der Waals surface area contributed by atoms with Crippen LogP contribution in [0.15, 0.2) is 70.9 Å². The molecule has 0 amide bonds. The number of rotatable bonds is 3. The molecule has 33 heavy (non-hydrogen) atoms. The normalized spacial score (nSPS) is 17.8. The van der Waals surface area contributed by atoms with Crippen molar-refractivity contribution >= 4 is 39.7 Å². The molecule has 0 radical (unpaired) electrons. The molecule has 0 fully saturated rings. The molecule has 5 rings (SSSR count). The number of hydrogen-bond acceptors (Lipinski definition) is 6. The third-order valence-corrected chi connectivity index (χ3v) is 6.41. The largest absolute Gasteiger partial charge is 0.465 e. The number of methoxy groups -OCH3 is 1. The Morgan fingerprint density at radius 3 is 2.52 bits per heavy atom. The third kappa shape index (κ3) is 3.74. The molecule has 3 aromatic rings. The van der Waals surface area contributed by atoms with E-state index in [4.69, 9.17) is 14.2 Å². The lowest BCUT2D eigenvalue weighted by Gasteiger charge is -2.27. The van der Waals surface area contributed by atoms with Crippen molar-refractivity contribution in [1.29, 1.82) is 0 Å². The summed E-state index contributed by atoms with van der Waals surface area (Å²) in [6.45, 7) is 0. The first kappa shape index (κ1) is 21.2. The summed E-state index contributed by atoms with van der Waals surface area (Å²) in [7, 11) is 1.32. The van der Waals surface area contributed by atoms with E-state index in [2.05, 4.69) is 15.9 Å². The van der Waals surface area contributed by atoms with E-state index in [-0.39, 0.29) is 29.9 Å². The van der Waals surface area contributed by atoms with E-state index in [0.717, 1.165) is 10.0 Å². The lowest BCUT2D eigenvalue weighted by atomic mass is 9.84. The highest BCUT2D eigenvalue weighted by molar-refractivity contribution is 9.10. The molecule has 0 spiro atoms. The van der Waals surface area contributed by atoms with E-state index < -0.39 is 5.97 Å². The summed E-state index contributed by atoms with van der Waals surface area (Å²) in [6, 6.07) is 17.6. The van der Waals surface area contributed by atoms with Crippen molar-refractivity contribution in [3.63, 3.8) is 0 Å². The summed E-state index contributed by atoms with van der Waals surface area (Å²) in [4.78, 5) is 37.0. The molecule has 1 atom stereocenters. The number of fused-ring (bicyclic) bond motifs is 3. The van der Waals surface area contributed by atoms with Gasteiger partial charge in [-0.25, -0.2) is 4.79 Å². The van der Waals surface area contributed by atoms with Crippen molar-refractivity contribution in [1.82, 2.24) is 0 Å². The number of allylic oxidation sites excluding steroid dienone is 1. The molecule has 2 heterocycles. The molecule has 0 saturated carbocycles. The van der Waals surface area contributed by atoms with Crippen LogP contribution in [0.25, 0.3) is 6.08 Å². The van der Waals surface area contributed by atoms with E-state index in [0.29, 0.717) is 33.8 Å². The van der Waals surface area contributed by atoms with E-state index >= 15 is 0 Å². The van der Waals surface area contributed by atoms with Crippen LogP contribution in [0.1, 0.15) is 49.7 Å². The highest BCUT2D eigenvalue weighted by atomic mass is 79.9. The van der Waals surface area contributed by atoms with Gasteiger partial charge in [-0.2, -0.15) is 0 Å². The van der Waals surface area contributed by atoms with Gasteiger partial charge in [-0.15, -0.1) is 0 Å². The Labute approximate surface area is 197 Å². The third-order valence-electron chi connectivity index (χ3n) is 5.69. The predicted octanol–water partition coefficient (Wildman–Crippen LogP) is 5.29. The molecule has 2 aliphatic heterocycles.